The lowest BCUT2D eigenvalue weighted by Crippen LogP contribution is -2.60. The third-order valence-corrected chi connectivity index (χ3v) is 5.56. The minimum absolute atomic E-state index is 0. The summed E-state index contributed by atoms with van der Waals surface area (Å²) in [4.78, 5) is 14.9. The van der Waals surface area contributed by atoms with Crippen LogP contribution < -0.4 is 11.1 Å². The van der Waals surface area contributed by atoms with Gasteiger partial charge in [0, 0.05) is 30.6 Å². The van der Waals surface area contributed by atoms with E-state index >= 15 is 0 Å². The zero-order chi connectivity index (χ0) is 17.6. The molecule has 7 nitrogen and oxygen atoms in total. The van der Waals surface area contributed by atoms with E-state index in [9.17, 15) is 4.79 Å². The molecule has 2 unspecified atom stereocenters. The standard InChI is InChI=1S/C18H24N6O.ClH/c1-23-15-8-3-2-7-14(15)16(22-23)17(25)21-11-9-12-5-4-6-13(10-11)24(12)18(19)20;/h2-3,7-8,11-13H,4-6,9-10H2,1H3,(H3,19,20)(H,21,25);1H. The van der Waals surface area contributed by atoms with Gasteiger partial charge >= 0.3 is 0 Å². The first-order valence-corrected chi connectivity index (χ1v) is 8.89. The lowest BCUT2D eigenvalue weighted by molar-refractivity contribution is 0.0732. The lowest BCUT2D eigenvalue weighted by Gasteiger charge is -2.49. The van der Waals surface area contributed by atoms with Gasteiger partial charge in [0.15, 0.2) is 11.7 Å². The first kappa shape index (κ1) is 18.5. The number of nitrogens with two attached hydrogens (primary N) is 1. The highest BCUT2D eigenvalue weighted by Gasteiger charge is 2.39. The van der Waals surface area contributed by atoms with Crippen LogP contribution in [0.5, 0.6) is 0 Å². The lowest BCUT2D eigenvalue weighted by atomic mass is 9.82. The van der Waals surface area contributed by atoms with E-state index in [-0.39, 0.29) is 42.4 Å². The van der Waals surface area contributed by atoms with Crippen molar-refractivity contribution in [1.82, 2.24) is 20.0 Å². The fourth-order valence-corrected chi connectivity index (χ4v) is 4.53. The van der Waals surface area contributed by atoms with Crippen molar-refractivity contribution in [3.05, 3.63) is 30.0 Å². The number of para-hydroxylation sites is 1. The summed E-state index contributed by atoms with van der Waals surface area (Å²) < 4.78 is 1.75. The molecule has 2 fully saturated rings. The maximum atomic E-state index is 12.8. The van der Waals surface area contributed by atoms with E-state index in [2.05, 4.69) is 10.4 Å². The van der Waals surface area contributed by atoms with E-state index in [1.807, 2.05) is 36.2 Å². The monoisotopic (exact) mass is 376 g/mol. The summed E-state index contributed by atoms with van der Waals surface area (Å²) in [6, 6.07) is 8.41. The molecular weight excluding hydrogens is 352 g/mol. The second-order valence-corrected chi connectivity index (χ2v) is 7.16. The predicted octanol–water partition coefficient (Wildman–Crippen LogP) is 2.00. The number of aromatic nitrogens is 2. The second-order valence-electron chi connectivity index (χ2n) is 7.16. The van der Waals surface area contributed by atoms with Crippen LogP contribution in [0.15, 0.2) is 24.3 Å². The predicted molar refractivity (Wildman–Crippen MR) is 104 cm³/mol. The van der Waals surface area contributed by atoms with Crippen molar-refractivity contribution in [2.24, 2.45) is 12.8 Å². The van der Waals surface area contributed by atoms with Gasteiger partial charge in [0.05, 0.1) is 5.52 Å². The van der Waals surface area contributed by atoms with E-state index in [0.29, 0.717) is 5.69 Å². The van der Waals surface area contributed by atoms with Crippen LogP contribution >= 0.6 is 12.4 Å². The number of nitrogens with one attached hydrogen (secondary N) is 2. The van der Waals surface area contributed by atoms with Crippen LogP contribution in [0.1, 0.15) is 42.6 Å². The van der Waals surface area contributed by atoms with Crippen LogP contribution in [0.2, 0.25) is 0 Å². The van der Waals surface area contributed by atoms with Crippen LogP contribution in [0.25, 0.3) is 10.9 Å². The molecule has 2 atom stereocenters. The van der Waals surface area contributed by atoms with Gasteiger partial charge in [0.2, 0.25) is 0 Å². The summed E-state index contributed by atoms with van der Waals surface area (Å²) in [5, 5.41) is 16.3. The van der Waals surface area contributed by atoms with Gasteiger partial charge in [0.25, 0.3) is 5.91 Å². The average molecular weight is 377 g/mol. The topological polar surface area (TPSA) is 100 Å². The molecular formula is C18H25ClN6O. The number of guanidine groups is 1. The van der Waals surface area contributed by atoms with Gasteiger partial charge in [-0.1, -0.05) is 18.2 Å². The minimum atomic E-state index is -0.115. The molecule has 4 rings (SSSR count). The Bertz CT molecular complexity index is 820. The Morgan fingerprint density at radius 3 is 2.58 bits per heavy atom. The first-order valence-electron chi connectivity index (χ1n) is 8.89. The van der Waals surface area contributed by atoms with Crippen LogP contribution in [-0.4, -0.2) is 44.7 Å². The fraction of sp³-hybridized carbons (Fsp3) is 0.500. The summed E-state index contributed by atoms with van der Waals surface area (Å²) in [5.41, 5.74) is 7.21. The van der Waals surface area contributed by atoms with Crippen molar-refractivity contribution in [3.8, 4) is 0 Å². The van der Waals surface area contributed by atoms with Gasteiger partial charge in [-0.15, -0.1) is 12.4 Å². The molecule has 1 aromatic carbocycles. The maximum Gasteiger partial charge on any atom is 0.272 e. The summed E-state index contributed by atoms with van der Waals surface area (Å²) in [7, 11) is 1.86. The molecule has 4 N–H and O–H groups in total. The highest BCUT2D eigenvalue weighted by molar-refractivity contribution is 6.04. The zero-order valence-corrected chi connectivity index (χ0v) is 15.6. The minimum Gasteiger partial charge on any atom is -0.370 e. The molecule has 2 bridgehead atoms. The van der Waals surface area contributed by atoms with Crippen molar-refractivity contribution < 1.29 is 4.79 Å². The molecule has 1 aromatic heterocycles. The Morgan fingerprint density at radius 1 is 1.27 bits per heavy atom. The van der Waals surface area contributed by atoms with E-state index in [1.165, 1.54) is 6.42 Å². The molecule has 0 saturated carbocycles. The van der Waals surface area contributed by atoms with E-state index in [0.717, 1.165) is 36.6 Å². The number of piperidine rings is 2. The number of rotatable bonds is 2. The maximum absolute atomic E-state index is 12.8. The van der Waals surface area contributed by atoms with Gasteiger partial charge in [-0.05, 0) is 38.2 Å². The molecule has 0 aliphatic carbocycles. The molecule has 140 valence electrons. The third kappa shape index (κ3) is 3.11. The number of aryl methyl sites for hydroxylation is 1. The third-order valence-electron chi connectivity index (χ3n) is 5.56. The largest absolute Gasteiger partial charge is 0.370 e. The van der Waals surface area contributed by atoms with Gasteiger partial charge in [0.1, 0.15) is 0 Å². The quantitative estimate of drug-likeness (QED) is 0.551. The molecule has 2 aliphatic rings. The summed E-state index contributed by atoms with van der Waals surface area (Å²) in [6.07, 6.45) is 4.92. The Balaban J connectivity index is 0.00000196. The molecule has 0 spiro atoms. The number of amides is 1. The highest BCUT2D eigenvalue weighted by atomic mass is 35.5. The SMILES string of the molecule is Cl.Cn1nc(C(=O)NC2CC3CCCC(C2)N3C(=N)N)c2ccccc21. The molecule has 2 aliphatic heterocycles. The molecule has 8 heteroatoms. The number of carbonyl (C=O) groups is 1. The Labute approximate surface area is 158 Å². The van der Waals surface area contributed by atoms with Crippen molar-refractivity contribution in [2.45, 2.75) is 50.2 Å². The summed E-state index contributed by atoms with van der Waals surface area (Å²) in [6.45, 7) is 0. The molecule has 3 heterocycles. The molecule has 2 aromatic rings. The van der Waals surface area contributed by atoms with Crippen molar-refractivity contribution in [1.29, 1.82) is 5.41 Å². The van der Waals surface area contributed by atoms with Crippen LogP contribution in [0.3, 0.4) is 0 Å². The second kappa shape index (κ2) is 7.15. The van der Waals surface area contributed by atoms with Gasteiger partial charge in [-0.3, -0.25) is 14.9 Å². The number of carbonyl (C=O) groups excluding carboxylic acids is 1. The van der Waals surface area contributed by atoms with Gasteiger partial charge in [-0.25, -0.2) is 0 Å². The van der Waals surface area contributed by atoms with Crippen LogP contribution in [-0.2, 0) is 7.05 Å². The number of fused-ring (bicyclic) bond motifs is 3. The first-order chi connectivity index (χ1) is 12.0. The Kier molecular flexibility index (Phi) is 5.09. The van der Waals surface area contributed by atoms with Gasteiger partial charge < -0.3 is 16.0 Å². The molecule has 2 saturated heterocycles. The number of benzene rings is 1. The average Bonchev–Trinajstić information content (AvgIpc) is 2.91. The van der Waals surface area contributed by atoms with Crippen molar-refractivity contribution >= 4 is 35.2 Å². The summed E-state index contributed by atoms with van der Waals surface area (Å²) >= 11 is 0. The van der Waals surface area contributed by atoms with Crippen LogP contribution in [0, 0.1) is 5.41 Å². The van der Waals surface area contributed by atoms with Crippen LogP contribution in [0.4, 0.5) is 0 Å². The Hall–Kier alpha value is -2.28. The zero-order valence-electron chi connectivity index (χ0n) is 14.8. The van der Waals surface area contributed by atoms with E-state index < -0.39 is 0 Å². The smallest absolute Gasteiger partial charge is 0.272 e. The molecule has 26 heavy (non-hydrogen) atoms. The fourth-order valence-electron chi connectivity index (χ4n) is 4.53. The van der Waals surface area contributed by atoms with E-state index in [1.54, 1.807) is 4.68 Å². The van der Waals surface area contributed by atoms with E-state index in [4.69, 9.17) is 11.1 Å². The number of nitrogens with zero attached hydrogens (tertiary/aromatic N) is 3. The summed E-state index contributed by atoms with van der Waals surface area (Å²) in [5.74, 6) is 0.0475. The molecule has 0 radical (unpaired) electrons. The molecule has 1 amide bonds. The van der Waals surface area contributed by atoms with Crippen molar-refractivity contribution in [3.63, 3.8) is 0 Å². The number of hydrogen-bond donors (Lipinski definition) is 3. The number of halogens is 1. The van der Waals surface area contributed by atoms with Crippen molar-refractivity contribution in [2.75, 3.05) is 0 Å². The number of hydrogen-bond acceptors (Lipinski definition) is 3. The van der Waals surface area contributed by atoms with Gasteiger partial charge in [-0.2, -0.15) is 5.10 Å². The Morgan fingerprint density at radius 2 is 1.92 bits per heavy atom. The highest BCUT2D eigenvalue weighted by Crippen LogP contribution is 2.33. The normalized spacial score (nSPS) is 24.8.